The minimum absolute atomic E-state index is 0.177. The summed E-state index contributed by atoms with van der Waals surface area (Å²) in [6, 6.07) is 9.01. The molecule has 1 amide bonds. The van der Waals surface area contributed by atoms with Crippen LogP contribution in [0, 0.1) is 0 Å². The molecule has 0 radical (unpaired) electrons. The van der Waals surface area contributed by atoms with Crippen LogP contribution in [0.2, 0.25) is 0 Å². The van der Waals surface area contributed by atoms with E-state index in [4.69, 9.17) is 9.47 Å². The zero-order chi connectivity index (χ0) is 20.6. The lowest BCUT2D eigenvalue weighted by atomic mass is 10.2. The van der Waals surface area contributed by atoms with Gasteiger partial charge in [-0.1, -0.05) is 19.9 Å². The number of amides is 1. The van der Waals surface area contributed by atoms with E-state index in [2.05, 4.69) is 29.1 Å². The predicted octanol–water partition coefficient (Wildman–Crippen LogP) is 4.57. The molecule has 2 aromatic heterocycles. The highest BCUT2D eigenvalue weighted by atomic mass is 32.1. The second-order valence-electron chi connectivity index (χ2n) is 6.76. The lowest BCUT2D eigenvalue weighted by Crippen LogP contribution is -2.23. The van der Waals surface area contributed by atoms with Gasteiger partial charge in [-0.15, -0.1) is 11.3 Å². The van der Waals surface area contributed by atoms with Crippen LogP contribution in [0.15, 0.2) is 48.1 Å². The highest BCUT2D eigenvalue weighted by Gasteiger charge is 2.13. The monoisotopic (exact) mass is 411 g/mol. The molecule has 0 aliphatic heterocycles. The van der Waals surface area contributed by atoms with Crippen LogP contribution in [0.1, 0.15) is 53.3 Å². The molecule has 3 rings (SSSR count). The van der Waals surface area contributed by atoms with Crippen molar-refractivity contribution in [3.8, 4) is 11.5 Å². The summed E-state index contributed by atoms with van der Waals surface area (Å²) in [4.78, 5) is 21.2. The molecule has 0 fully saturated rings. The molecule has 0 spiro atoms. The van der Waals surface area contributed by atoms with Crippen molar-refractivity contribution in [2.45, 2.75) is 39.8 Å². The molecule has 1 aromatic carbocycles. The third-order valence-corrected chi connectivity index (χ3v) is 5.31. The van der Waals surface area contributed by atoms with Crippen LogP contribution in [0.4, 0.5) is 0 Å². The number of pyridine rings is 1. The first-order valence-electron chi connectivity index (χ1n) is 9.58. The normalized spacial score (nSPS) is 10.8. The van der Waals surface area contributed by atoms with Gasteiger partial charge in [0.15, 0.2) is 11.5 Å². The Morgan fingerprint density at radius 1 is 1.21 bits per heavy atom. The van der Waals surface area contributed by atoms with Crippen molar-refractivity contribution in [3.05, 3.63) is 69.9 Å². The van der Waals surface area contributed by atoms with Crippen LogP contribution >= 0.6 is 11.3 Å². The quantitative estimate of drug-likeness (QED) is 0.558. The lowest BCUT2D eigenvalue weighted by molar-refractivity contribution is 0.0950. The van der Waals surface area contributed by atoms with Crippen LogP contribution in [-0.2, 0) is 13.2 Å². The average molecular weight is 412 g/mol. The zero-order valence-electron chi connectivity index (χ0n) is 16.8. The molecule has 7 heteroatoms. The molecule has 2 heterocycles. The van der Waals surface area contributed by atoms with Gasteiger partial charge >= 0.3 is 0 Å². The number of hydrogen-bond acceptors (Lipinski definition) is 6. The Morgan fingerprint density at radius 3 is 2.76 bits per heavy atom. The Balaban J connectivity index is 1.65. The summed E-state index contributed by atoms with van der Waals surface area (Å²) < 4.78 is 11.5. The SMILES string of the molecule is CCOc1cc(C(=O)NCc2csc(C(C)C)n2)ccc1OCc1cccnc1. The summed E-state index contributed by atoms with van der Waals surface area (Å²) in [5.74, 6) is 1.34. The first-order valence-corrected chi connectivity index (χ1v) is 10.5. The fraction of sp³-hybridized carbons (Fsp3) is 0.318. The van der Waals surface area contributed by atoms with E-state index in [0.717, 1.165) is 16.3 Å². The van der Waals surface area contributed by atoms with Gasteiger partial charge in [-0.2, -0.15) is 0 Å². The average Bonchev–Trinajstić information content (AvgIpc) is 3.21. The van der Waals surface area contributed by atoms with Gasteiger partial charge in [-0.3, -0.25) is 9.78 Å². The number of benzene rings is 1. The molecule has 0 bridgehead atoms. The molecule has 0 saturated heterocycles. The predicted molar refractivity (Wildman–Crippen MR) is 114 cm³/mol. The Labute approximate surface area is 174 Å². The van der Waals surface area contributed by atoms with Crippen molar-refractivity contribution < 1.29 is 14.3 Å². The van der Waals surface area contributed by atoms with Gasteiger partial charge in [0.2, 0.25) is 0 Å². The van der Waals surface area contributed by atoms with Gasteiger partial charge in [0.25, 0.3) is 5.91 Å². The van der Waals surface area contributed by atoms with Crippen molar-refractivity contribution >= 4 is 17.2 Å². The number of rotatable bonds is 9. The summed E-state index contributed by atoms with van der Waals surface area (Å²) in [5.41, 5.74) is 2.34. The smallest absolute Gasteiger partial charge is 0.251 e. The zero-order valence-corrected chi connectivity index (χ0v) is 17.7. The highest BCUT2D eigenvalue weighted by molar-refractivity contribution is 7.09. The largest absolute Gasteiger partial charge is 0.490 e. The molecule has 1 N–H and O–H groups in total. The Morgan fingerprint density at radius 2 is 2.07 bits per heavy atom. The maximum Gasteiger partial charge on any atom is 0.251 e. The summed E-state index contributed by atoms with van der Waals surface area (Å²) in [6.45, 7) is 7.35. The number of thiazole rings is 1. The topological polar surface area (TPSA) is 73.3 Å². The molecule has 0 saturated carbocycles. The van der Waals surface area contributed by atoms with Crippen LogP contribution in [0.5, 0.6) is 11.5 Å². The fourth-order valence-electron chi connectivity index (χ4n) is 2.62. The van der Waals surface area contributed by atoms with Gasteiger partial charge in [0.1, 0.15) is 6.61 Å². The van der Waals surface area contributed by atoms with Crippen molar-refractivity contribution in [2.75, 3.05) is 6.61 Å². The molecule has 6 nitrogen and oxygen atoms in total. The van der Waals surface area contributed by atoms with Crippen LogP contribution < -0.4 is 14.8 Å². The number of carbonyl (C=O) groups excluding carboxylic acids is 1. The molecule has 152 valence electrons. The number of nitrogens with one attached hydrogen (secondary N) is 1. The lowest BCUT2D eigenvalue weighted by Gasteiger charge is -2.13. The number of hydrogen-bond donors (Lipinski definition) is 1. The van der Waals surface area contributed by atoms with E-state index in [1.54, 1.807) is 41.9 Å². The second-order valence-corrected chi connectivity index (χ2v) is 7.65. The third-order valence-electron chi connectivity index (χ3n) is 4.12. The van der Waals surface area contributed by atoms with E-state index in [9.17, 15) is 4.79 Å². The van der Waals surface area contributed by atoms with Crippen molar-refractivity contribution in [2.24, 2.45) is 0 Å². The van der Waals surface area contributed by atoms with E-state index in [1.807, 2.05) is 24.4 Å². The fourth-order valence-corrected chi connectivity index (χ4v) is 3.46. The van der Waals surface area contributed by atoms with E-state index >= 15 is 0 Å². The summed E-state index contributed by atoms with van der Waals surface area (Å²) in [6.07, 6.45) is 3.48. The highest BCUT2D eigenvalue weighted by Crippen LogP contribution is 2.29. The summed E-state index contributed by atoms with van der Waals surface area (Å²) in [5, 5.41) is 5.97. The molecule has 0 aliphatic rings. The van der Waals surface area contributed by atoms with E-state index < -0.39 is 0 Å². The minimum Gasteiger partial charge on any atom is -0.490 e. The first-order chi connectivity index (χ1) is 14.1. The molecule has 0 unspecified atom stereocenters. The second kappa shape index (κ2) is 10.0. The van der Waals surface area contributed by atoms with Crippen molar-refractivity contribution in [3.63, 3.8) is 0 Å². The van der Waals surface area contributed by atoms with Gasteiger partial charge in [-0.05, 0) is 31.2 Å². The van der Waals surface area contributed by atoms with E-state index in [0.29, 0.717) is 42.7 Å². The van der Waals surface area contributed by atoms with Gasteiger partial charge in [0.05, 0.1) is 23.9 Å². The molecular formula is C22H25N3O3S. The van der Waals surface area contributed by atoms with Gasteiger partial charge in [0, 0.05) is 34.8 Å². The van der Waals surface area contributed by atoms with E-state index in [1.165, 1.54) is 0 Å². The van der Waals surface area contributed by atoms with Crippen LogP contribution in [-0.4, -0.2) is 22.5 Å². The molecule has 29 heavy (non-hydrogen) atoms. The van der Waals surface area contributed by atoms with Crippen molar-refractivity contribution in [1.29, 1.82) is 0 Å². The van der Waals surface area contributed by atoms with Crippen LogP contribution in [0.25, 0.3) is 0 Å². The molecule has 3 aromatic rings. The number of aromatic nitrogens is 2. The number of nitrogens with zero attached hydrogens (tertiary/aromatic N) is 2. The molecule has 0 atom stereocenters. The molecule has 0 aliphatic carbocycles. The summed E-state index contributed by atoms with van der Waals surface area (Å²) >= 11 is 1.62. The standard InChI is InChI=1S/C22H25N3O3S/c1-4-27-20-10-17(7-8-19(20)28-13-16-6-5-9-23-11-16)21(26)24-12-18-14-29-22(25-18)15(2)3/h5-11,14-15H,4,12-13H2,1-3H3,(H,24,26). The first kappa shape index (κ1) is 20.8. The number of ether oxygens (including phenoxy) is 2. The maximum absolute atomic E-state index is 12.6. The van der Waals surface area contributed by atoms with Gasteiger partial charge < -0.3 is 14.8 Å². The maximum atomic E-state index is 12.6. The number of carbonyl (C=O) groups is 1. The summed E-state index contributed by atoms with van der Waals surface area (Å²) in [7, 11) is 0. The van der Waals surface area contributed by atoms with Crippen molar-refractivity contribution in [1.82, 2.24) is 15.3 Å². The Hall–Kier alpha value is -2.93. The Kier molecular flexibility index (Phi) is 7.19. The Bertz CT molecular complexity index is 941. The van der Waals surface area contributed by atoms with Gasteiger partial charge in [-0.25, -0.2) is 4.98 Å². The van der Waals surface area contributed by atoms with Crippen LogP contribution in [0.3, 0.4) is 0 Å². The molecular weight excluding hydrogens is 386 g/mol. The van der Waals surface area contributed by atoms with E-state index in [-0.39, 0.29) is 5.91 Å². The third kappa shape index (κ3) is 5.77. The minimum atomic E-state index is -0.177.